The van der Waals surface area contributed by atoms with Crippen molar-refractivity contribution in [1.29, 1.82) is 0 Å². The predicted molar refractivity (Wildman–Crippen MR) is 299 cm³/mol. The third-order valence-corrected chi connectivity index (χ3v) is 14.8. The Labute approximate surface area is 435 Å². The average Bonchev–Trinajstić information content (AvgIpc) is 4.06. The number of benzene rings is 2. The molecule has 2 amide bonds. The van der Waals surface area contributed by atoms with Gasteiger partial charge in [-0.05, 0) is 152 Å². The summed E-state index contributed by atoms with van der Waals surface area (Å²) in [5, 5.41) is 15.5. The van der Waals surface area contributed by atoms with E-state index in [9.17, 15) is 4.79 Å². The molecule has 4 aliphatic rings. The molecule has 388 valence electrons. The first-order valence-electron chi connectivity index (χ1n) is 26.0. The summed E-state index contributed by atoms with van der Waals surface area (Å²) in [5.74, 6) is 1.36. The number of aliphatic imine (C=N–C) groups is 1. The molecule has 2 N–H and O–H groups in total. The number of rotatable bonds is 10. The molecule has 72 heavy (non-hydrogen) atoms. The molecule has 8 heterocycles. The van der Waals surface area contributed by atoms with Crippen LogP contribution in [-0.4, -0.2) is 150 Å². The summed E-state index contributed by atoms with van der Waals surface area (Å²) in [7, 11) is 0. The summed E-state index contributed by atoms with van der Waals surface area (Å²) in [6, 6.07) is 28.6. The van der Waals surface area contributed by atoms with Crippen LogP contribution in [0.4, 0.5) is 16.2 Å². The Morgan fingerprint density at radius 2 is 1.07 bits per heavy atom. The summed E-state index contributed by atoms with van der Waals surface area (Å²) in [4.78, 5) is 36.3. The Balaban J connectivity index is 0.000000212. The number of hydrogen-bond acceptors (Lipinski definition) is 10. The van der Waals surface area contributed by atoms with E-state index in [1.54, 1.807) is 6.92 Å². The lowest BCUT2D eigenvalue weighted by molar-refractivity contribution is 0.172. The third-order valence-electron chi connectivity index (χ3n) is 14.8. The average molecular weight is 1000 g/mol. The van der Waals surface area contributed by atoms with Gasteiger partial charge < -0.3 is 35.1 Å². The van der Waals surface area contributed by atoms with Gasteiger partial charge in [-0.25, -0.2) is 23.6 Å². The Morgan fingerprint density at radius 3 is 1.44 bits per heavy atom. The van der Waals surface area contributed by atoms with Crippen LogP contribution in [0.1, 0.15) is 97.6 Å². The number of anilines is 2. The maximum absolute atomic E-state index is 12.2. The van der Waals surface area contributed by atoms with E-state index in [1.807, 2.05) is 33.2 Å². The molecule has 10 rings (SSSR count). The van der Waals surface area contributed by atoms with Gasteiger partial charge in [0.25, 0.3) is 0 Å². The molecule has 15 heteroatoms. The van der Waals surface area contributed by atoms with Crippen LogP contribution in [0, 0.1) is 0 Å². The molecular formula is C57H81ClN12O2. The van der Waals surface area contributed by atoms with Gasteiger partial charge in [0.1, 0.15) is 0 Å². The maximum Gasteiger partial charge on any atom is 0.317 e. The minimum absolute atomic E-state index is 0. The lowest BCUT2D eigenvalue weighted by Gasteiger charge is -2.36. The molecule has 6 aromatic rings. The zero-order valence-corrected chi connectivity index (χ0v) is 43.8. The monoisotopic (exact) mass is 1000 g/mol. The van der Waals surface area contributed by atoms with Crippen LogP contribution in [0.25, 0.3) is 33.3 Å². The van der Waals surface area contributed by atoms with Crippen LogP contribution in [0.3, 0.4) is 0 Å². The number of amides is 2. The molecule has 0 bridgehead atoms. The van der Waals surface area contributed by atoms with E-state index in [0.29, 0.717) is 37.0 Å². The summed E-state index contributed by atoms with van der Waals surface area (Å²) in [6.07, 6.45) is 14.5. The quantitative estimate of drug-likeness (QED) is 0.102. The molecule has 0 aliphatic carbocycles. The highest BCUT2D eigenvalue weighted by Gasteiger charge is 2.25. The van der Waals surface area contributed by atoms with E-state index in [1.165, 1.54) is 108 Å². The van der Waals surface area contributed by atoms with Crippen LogP contribution in [0.5, 0.6) is 0 Å². The van der Waals surface area contributed by atoms with Crippen molar-refractivity contribution >= 4 is 46.9 Å². The fraction of sp³-hybridized carbons (Fsp3) is 0.509. The Kier molecular flexibility index (Phi) is 20.7. The molecule has 0 radical (unpaired) electrons. The normalized spacial score (nSPS) is 17.1. The first-order chi connectivity index (χ1) is 34.1. The fourth-order valence-corrected chi connectivity index (χ4v) is 10.6. The van der Waals surface area contributed by atoms with Gasteiger partial charge in [0, 0.05) is 113 Å². The van der Waals surface area contributed by atoms with Gasteiger partial charge in [0.15, 0.2) is 0 Å². The van der Waals surface area contributed by atoms with Crippen LogP contribution < -0.4 is 20.4 Å². The van der Waals surface area contributed by atoms with Crippen molar-refractivity contribution in [3.63, 3.8) is 0 Å². The van der Waals surface area contributed by atoms with Crippen molar-refractivity contribution in [3.05, 3.63) is 109 Å². The Bertz CT molecular complexity index is 2630. The lowest BCUT2D eigenvalue weighted by Crippen LogP contribution is -2.51. The van der Waals surface area contributed by atoms with Crippen LogP contribution in [-0.2, 0) is 4.79 Å². The molecule has 14 nitrogen and oxygen atoms in total. The van der Waals surface area contributed by atoms with Crippen molar-refractivity contribution in [2.45, 2.75) is 98.6 Å². The van der Waals surface area contributed by atoms with Crippen LogP contribution >= 0.6 is 12.4 Å². The molecule has 0 spiro atoms. The van der Waals surface area contributed by atoms with Gasteiger partial charge in [0.2, 0.25) is 6.08 Å². The molecule has 4 saturated heterocycles. The first kappa shape index (κ1) is 55.6. The summed E-state index contributed by atoms with van der Waals surface area (Å²) >= 11 is 0. The topological polar surface area (TPSA) is 121 Å². The smallest absolute Gasteiger partial charge is 0.317 e. The van der Waals surface area contributed by atoms with Gasteiger partial charge in [-0.2, -0.15) is 10.2 Å². The highest BCUT2D eigenvalue weighted by atomic mass is 35.5. The molecule has 4 fully saturated rings. The molecule has 2 aromatic carbocycles. The van der Waals surface area contributed by atoms with E-state index in [-0.39, 0.29) is 25.9 Å². The van der Waals surface area contributed by atoms with E-state index in [2.05, 4.69) is 158 Å². The molecule has 0 unspecified atom stereocenters. The van der Waals surface area contributed by atoms with E-state index in [4.69, 9.17) is 4.79 Å². The van der Waals surface area contributed by atoms with Crippen LogP contribution in [0.15, 0.2) is 103 Å². The highest BCUT2D eigenvalue weighted by molar-refractivity contribution is 5.85. The van der Waals surface area contributed by atoms with E-state index in [0.717, 1.165) is 57.9 Å². The van der Waals surface area contributed by atoms with Crippen molar-refractivity contribution in [2.24, 2.45) is 4.99 Å². The number of carbonyl (C=O) groups excluding carboxylic acids is 2. The number of hydrogen-bond donors (Lipinski definition) is 2. The number of isocyanates is 1. The van der Waals surface area contributed by atoms with Gasteiger partial charge in [-0.3, -0.25) is 0 Å². The minimum Gasteiger partial charge on any atom is -0.367 e. The highest BCUT2D eigenvalue weighted by Crippen LogP contribution is 2.35. The molecule has 0 saturated carbocycles. The van der Waals surface area contributed by atoms with Crippen LogP contribution in [0.2, 0.25) is 0 Å². The molecular weight excluding hydrogens is 920 g/mol. The number of piperazine rings is 2. The summed E-state index contributed by atoms with van der Waals surface area (Å²) in [5.41, 5.74) is 12.6. The van der Waals surface area contributed by atoms with Crippen molar-refractivity contribution in [1.82, 2.24) is 44.6 Å². The van der Waals surface area contributed by atoms with Crippen molar-refractivity contribution < 1.29 is 9.59 Å². The largest absolute Gasteiger partial charge is 0.367 e. The number of halogens is 1. The lowest BCUT2D eigenvalue weighted by atomic mass is 9.88. The molecule has 4 aromatic heterocycles. The van der Waals surface area contributed by atoms with E-state index >= 15 is 0 Å². The zero-order valence-electron chi connectivity index (χ0n) is 43.0. The van der Waals surface area contributed by atoms with Gasteiger partial charge in [-0.15, -0.1) is 12.4 Å². The summed E-state index contributed by atoms with van der Waals surface area (Å²) < 4.78 is 4.01. The van der Waals surface area contributed by atoms with Crippen molar-refractivity contribution in [3.8, 4) is 22.3 Å². The number of fused-ring (bicyclic) bond motifs is 2. The van der Waals surface area contributed by atoms with E-state index < -0.39 is 0 Å². The maximum atomic E-state index is 12.2. The fourth-order valence-electron chi connectivity index (χ4n) is 10.6. The predicted octanol–water partition coefficient (Wildman–Crippen LogP) is 9.84. The number of nitrogens with one attached hydrogen (secondary N) is 2. The second kappa shape index (κ2) is 26.8. The number of aromatic nitrogens is 4. The second-order valence-corrected chi connectivity index (χ2v) is 19.7. The van der Waals surface area contributed by atoms with Gasteiger partial charge >= 0.3 is 6.03 Å². The minimum atomic E-state index is 0. The Hall–Kier alpha value is -5.76. The number of urea groups is 1. The van der Waals surface area contributed by atoms with Crippen molar-refractivity contribution in [2.75, 3.05) is 101 Å². The third kappa shape index (κ3) is 13.6. The molecule has 0 atom stereocenters. The first-order valence-corrected chi connectivity index (χ1v) is 26.0. The SMILES string of the molecule is C.CC(C)N1CCC(c2ccc(-c3cc4c(N5CCNCC5)ccnn4c3)cc2)CC1.CCN=C=O.CCNC(=O)N1CCN(c2ccnn3cc(-c4ccc(C5CCN(C(C)C)CC5)cc4)cc23)CC1.Cl. The Morgan fingerprint density at radius 1 is 0.639 bits per heavy atom. The number of piperidine rings is 2. The second-order valence-electron chi connectivity index (χ2n) is 19.7. The zero-order chi connectivity index (χ0) is 49.0. The van der Waals surface area contributed by atoms with Gasteiger partial charge in [-0.1, -0.05) is 56.0 Å². The van der Waals surface area contributed by atoms with Gasteiger partial charge in [0.05, 0.1) is 22.4 Å². The number of carbonyl (C=O) groups is 1. The molecule has 4 aliphatic heterocycles. The number of likely N-dealkylation sites (tertiary alicyclic amines) is 2. The number of nitrogens with zero attached hydrogens (tertiary/aromatic N) is 10. The standard InChI is InChI=1S/C28H38N6O.C25H33N5.C3H5NO.CH4.ClH/c1-4-29-28(35)33-17-15-32(16-18-33)26-9-12-30-34-20-25(19-27(26)34)23-7-5-22(6-8-23)24-10-13-31(14-11-24)21(2)3;1-19(2)28-13-8-22(9-14-28)20-3-5-21(6-4-20)23-17-25-24(7-10-27-30(25)18-23)29-15-11-26-12-16-29;1-2-4-3-5;;/h5-9,12,19-21,24H,4,10-11,13-18H2,1-3H3,(H,29,35);3-7,10,17-19,22,26H,8-9,11-16H2,1-2H3;2H2,1H3;1H4;1H. The summed E-state index contributed by atoms with van der Waals surface area (Å²) in [6.45, 7) is 26.2.